The molecule has 27 heavy (non-hydrogen) atoms. The highest BCUT2D eigenvalue weighted by Gasteiger charge is 2.24. The zero-order valence-corrected chi connectivity index (χ0v) is 15.9. The average Bonchev–Trinajstić information content (AvgIpc) is 2.70. The van der Waals surface area contributed by atoms with Crippen LogP contribution in [0.2, 0.25) is 5.02 Å². The monoisotopic (exact) mass is 390 g/mol. The number of hydrogen-bond acceptors (Lipinski definition) is 5. The van der Waals surface area contributed by atoms with Crippen LogP contribution < -0.4 is 19.5 Å². The summed E-state index contributed by atoms with van der Waals surface area (Å²) in [4.78, 5) is 16.3. The number of nitrogens with zero attached hydrogens (tertiary/aromatic N) is 1. The van der Waals surface area contributed by atoms with Gasteiger partial charge in [0.2, 0.25) is 5.88 Å². The van der Waals surface area contributed by atoms with Gasteiger partial charge in [0.05, 0.1) is 12.1 Å². The van der Waals surface area contributed by atoms with Crippen molar-refractivity contribution in [1.29, 1.82) is 0 Å². The zero-order chi connectivity index (χ0) is 19.1. The van der Waals surface area contributed by atoms with Crippen LogP contribution in [0.3, 0.4) is 0 Å². The summed E-state index contributed by atoms with van der Waals surface area (Å²) in [5.74, 6) is 1.85. The number of methoxy groups -OCH3 is 1. The molecule has 3 rings (SSSR count). The lowest BCUT2D eigenvalue weighted by Gasteiger charge is -2.29. The highest BCUT2D eigenvalue weighted by Crippen LogP contribution is 2.23. The van der Waals surface area contributed by atoms with Gasteiger partial charge in [0.25, 0.3) is 5.91 Å². The molecular weight excluding hydrogens is 368 g/mol. The molecule has 0 aliphatic heterocycles. The van der Waals surface area contributed by atoms with Crippen LogP contribution in [0.25, 0.3) is 0 Å². The topological polar surface area (TPSA) is 69.7 Å². The maximum atomic E-state index is 12.1. The highest BCUT2D eigenvalue weighted by atomic mass is 35.5. The minimum Gasteiger partial charge on any atom is -0.497 e. The van der Waals surface area contributed by atoms with Gasteiger partial charge in [0.1, 0.15) is 17.6 Å². The van der Waals surface area contributed by atoms with Crippen LogP contribution in [0.5, 0.6) is 17.4 Å². The van der Waals surface area contributed by atoms with E-state index >= 15 is 0 Å². The van der Waals surface area contributed by atoms with E-state index in [2.05, 4.69) is 10.3 Å². The Balaban J connectivity index is 1.36. The van der Waals surface area contributed by atoms with Gasteiger partial charge in [0.15, 0.2) is 6.61 Å². The van der Waals surface area contributed by atoms with Crippen molar-refractivity contribution < 1.29 is 19.0 Å². The van der Waals surface area contributed by atoms with E-state index in [4.69, 9.17) is 25.8 Å². The standard InChI is InChI=1S/C20H23ClN2O4/c1-25-16-7-9-17(10-8-16)26-13-19(24)23-15-3-5-18(6-4-15)27-20-11-2-14(21)12-22-20/h2,7-12,15,18H,3-6,13H2,1H3,(H,23,24). The summed E-state index contributed by atoms with van der Waals surface area (Å²) in [7, 11) is 1.61. The molecule has 0 saturated heterocycles. The molecule has 1 fully saturated rings. The molecule has 1 amide bonds. The maximum absolute atomic E-state index is 12.1. The van der Waals surface area contributed by atoms with Gasteiger partial charge in [-0.3, -0.25) is 4.79 Å². The molecule has 0 bridgehead atoms. The molecular formula is C20H23ClN2O4. The summed E-state index contributed by atoms with van der Waals surface area (Å²) in [6.45, 7) is -0.00253. The molecule has 1 aromatic heterocycles. The summed E-state index contributed by atoms with van der Waals surface area (Å²) < 4.78 is 16.5. The number of nitrogens with one attached hydrogen (secondary N) is 1. The van der Waals surface area contributed by atoms with Crippen molar-refractivity contribution in [3.8, 4) is 17.4 Å². The molecule has 7 heteroatoms. The van der Waals surface area contributed by atoms with Crippen molar-refractivity contribution >= 4 is 17.5 Å². The molecule has 1 saturated carbocycles. The van der Waals surface area contributed by atoms with E-state index in [-0.39, 0.29) is 24.7 Å². The van der Waals surface area contributed by atoms with Gasteiger partial charge in [-0.05, 0) is 56.0 Å². The van der Waals surface area contributed by atoms with Crippen LogP contribution in [-0.4, -0.2) is 36.8 Å². The molecule has 144 valence electrons. The molecule has 1 N–H and O–H groups in total. The number of carbonyl (C=O) groups excluding carboxylic acids is 1. The normalized spacial score (nSPS) is 19.2. The van der Waals surface area contributed by atoms with Crippen LogP contribution in [0.4, 0.5) is 0 Å². The lowest BCUT2D eigenvalue weighted by Crippen LogP contribution is -2.41. The lowest BCUT2D eigenvalue weighted by molar-refractivity contribution is -0.124. The molecule has 6 nitrogen and oxygen atoms in total. The number of aromatic nitrogens is 1. The predicted molar refractivity (Wildman–Crippen MR) is 103 cm³/mol. The molecule has 2 aromatic rings. The van der Waals surface area contributed by atoms with Gasteiger partial charge >= 0.3 is 0 Å². The summed E-state index contributed by atoms with van der Waals surface area (Å²) in [6.07, 6.45) is 5.16. The van der Waals surface area contributed by atoms with Crippen molar-refractivity contribution in [3.05, 3.63) is 47.6 Å². The van der Waals surface area contributed by atoms with E-state index in [0.29, 0.717) is 16.7 Å². The van der Waals surface area contributed by atoms with E-state index in [1.54, 1.807) is 49.7 Å². The van der Waals surface area contributed by atoms with Gasteiger partial charge in [0, 0.05) is 18.3 Å². The van der Waals surface area contributed by atoms with Crippen molar-refractivity contribution in [2.45, 2.75) is 37.8 Å². The fourth-order valence-electron chi connectivity index (χ4n) is 3.02. The largest absolute Gasteiger partial charge is 0.497 e. The van der Waals surface area contributed by atoms with Crippen molar-refractivity contribution in [2.75, 3.05) is 13.7 Å². The van der Waals surface area contributed by atoms with Gasteiger partial charge in [-0.15, -0.1) is 0 Å². The smallest absolute Gasteiger partial charge is 0.258 e. The molecule has 0 atom stereocenters. The number of ether oxygens (including phenoxy) is 3. The van der Waals surface area contributed by atoms with E-state index < -0.39 is 0 Å². The van der Waals surface area contributed by atoms with Crippen LogP contribution in [0, 0.1) is 0 Å². The second kappa shape index (κ2) is 9.46. The molecule has 0 spiro atoms. The molecule has 0 radical (unpaired) electrons. The third kappa shape index (κ3) is 6.03. The lowest BCUT2D eigenvalue weighted by atomic mass is 9.93. The third-order valence-electron chi connectivity index (χ3n) is 4.46. The molecule has 1 heterocycles. The second-order valence-electron chi connectivity index (χ2n) is 6.44. The van der Waals surface area contributed by atoms with Crippen molar-refractivity contribution in [1.82, 2.24) is 10.3 Å². The number of carbonyl (C=O) groups is 1. The Labute approximate surface area is 163 Å². The summed E-state index contributed by atoms with van der Waals surface area (Å²) in [6, 6.07) is 10.8. The molecule has 1 aromatic carbocycles. The first kappa shape index (κ1) is 19.3. The van der Waals surface area contributed by atoms with Gasteiger partial charge in [-0.25, -0.2) is 4.98 Å². The van der Waals surface area contributed by atoms with Gasteiger partial charge < -0.3 is 19.5 Å². The van der Waals surface area contributed by atoms with Gasteiger partial charge in [-0.2, -0.15) is 0 Å². The van der Waals surface area contributed by atoms with Gasteiger partial charge in [-0.1, -0.05) is 11.6 Å². The summed E-state index contributed by atoms with van der Waals surface area (Å²) in [5, 5.41) is 3.61. The van der Waals surface area contributed by atoms with Crippen LogP contribution >= 0.6 is 11.6 Å². The zero-order valence-electron chi connectivity index (χ0n) is 15.2. The number of halogens is 1. The quantitative estimate of drug-likeness (QED) is 0.781. The molecule has 1 aliphatic rings. The Morgan fingerprint density at radius 3 is 2.44 bits per heavy atom. The number of pyridine rings is 1. The number of benzene rings is 1. The van der Waals surface area contributed by atoms with E-state index in [1.165, 1.54) is 0 Å². The Morgan fingerprint density at radius 1 is 1.11 bits per heavy atom. The minimum atomic E-state index is -0.116. The van der Waals surface area contributed by atoms with Crippen LogP contribution in [0.15, 0.2) is 42.6 Å². The van der Waals surface area contributed by atoms with Crippen molar-refractivity contribution in [2.24, 2.45) is 0 Å². The third-order valence-corrected chi connectivity index (χ3v) is 4.68. The Hall–Kier alpha value is -2.47. The minimum absolute atomic E-state index is 0.00253. The summed E-state index contributed by atoms with van der Waals surface area (Å²) >= 11 is 5.83. The van der Waals surface area contributed by atoms with Crippen LogP contribution in [-0.2, 0) is 4.79 Å². The number of amides is 1. The fourth-order valence-corrected chi connectivity index (χ4v) is 3.13. The maximum Gasteiger partial charge on any atom is 0.258 e. The first-order valence-electron chi connectivity index (χ1n) is 8.97. The van der Waals surface area contributed by atoms with E-state index in [0.717, 1.165) is 31.4 Å². The van der Waals surface area contributed by atoms with E-state index in [9.17, 15) is 4.79 Å². The first-order valence-corrected chi connectivity index (χ1v) is 9.34. The average molecular weight is 391 g/mol. The Kier molecular flexibility index (Phi) is 6.76. The van der Waals surface area contributed by atoms with E-state index in [1.807, 2.05) is 0 Å². The summed E-state index contributed by atoms with van der Waals surface area (Å²) in [5.41, 5.74) is 0. The van der Waals surface area contributed by atoms with Crippen LogP contribution in [0.1, 0.15) is 25.7 Å². The highest BCUT2D eigenvalue weighted by molar-refractivity contribution is 6.30. The second-order valence-corrected chi connectivity index (χ2v) is 6.87. The fraction of sp³-hybridized carbons (Fsp3) is 0.400. The first-order chi connectivity index (χ1) is 13.1. The molecule has 1 aliphatic carbocycles. The Bertz CT molecular complexity index is 729. The predicted octanol–water partition coefficient (Wildman–Crippen LogP) is 3.63. The Morgan fingerprint density at radius 2 is 1.81 bits per heavy atom. The number of rotatable bonds is 7. The number of hydrogen-bond donors (Lipinski definition) is 1. The SMILES string of the molecule is COc1ccc(OCC(=O)NC2CCC(Oc3ccc(Cl)cn3)CC2)cc1. The van der Waals surface area contributed by atoms with Crippen molar-refractivity contribution in [3.63, 3.8) is 0 Å². The molecule has 0 unspecified atom stereocenters.